The predicted molar refractivity (Wildman–Crippen MR) is 182 cm³/mol. The molecule has 12 nitrogen and oxygen atoms in total. The normalized spacial score (nSPS) is 21.9. The van der Waals surface area contributed by atoms with Gasteiger partial charge in [-0.2, -0.15) is 0 Å². The van der Waals surface area contributed by atoms with Crippen molar-refractivity contribution in [1.29, 1.82) is 0 Å². The summed E-state index contributed by atoms with van der Waals surface area (Å²) in [6.07, 6.45) is 5.30. The fourth-order valence-electron chi connectivity index (χ4n) is 7.69. The first-order chi connectivity index (χ1) is 22.8. The fraction of sp³-hybridized carbons (Fsp3) is 0.571. The van der Waals surface area contributed by atoms with Crippen molar-refractivity contribution in [1.82, 2.24) is 25.0 Å². The number of rotatable bonds is 12. The number of amides is 3. The van der Waals surface area contributed by atoms with Crippen LogP contribution in [0.3, 0.4) is 0 Å². The largest absolute Gasteiger partial charge is 0.373 e. The van der Waals surface area contributed by atoms with E-state index in [1.54, 1.807) is 12.1 Å². The number of nitrogens with one attached hydrogen (secondary N) is 2. The predicted octanol–water partition coefficient (Wildman–Crippen LogP) is 2.17. The molecule has 0 aliphatic carbocycles. The van der Waals surface area contributed by atoms with Crippen LogP contribution in [0.25, 0.3) is 0 Å². The molecule has 1 aromatic heterocycles. The number of nitrogens with zero attached hydrogens (tertiary/aromatic N) is 6. The lowest BCUT2D eigenvalue weighted by atomic mass is 9.94. The summed E-state index contributed by atoms with van der Waals surface area (Å²) in [5, 5.41) is 5.60. The number of carbonyl (C=O) groups excluding carboxylic acids is 4. The van der Waals surface area contributed by atoms with E-state index in [2.05, 4.69) is 48.2 Å². The van der Waals surface area contributed by atoms with Crippen molar-refractivity contribution in [3.8, 4) is 0 Å². The Morgan fingerprint density at radius 3 is 2.32 bits per heavy atom. The van der Waals surface area contributed by atoms with Gasteiger partial charge in [0.1, 0.15) is 18.1 Å². The second kappa shape index (κ2) is 14.4. The van der Waals surface area contributed by atoms with Gasteiger partial charge in [0.05, 0.1) is 23.0 Å². The van der Waals surface area contributed by atoms with Gasteiger partial charge in [0.25, 0.3) is 11.8 Å². The van der Waals surface area contributed by atoms with E-state index in [0.29, 0.717) is 29.4 Å². The summed E-state index contributed by atoms with van der Waals surface area (Å²) >= 11 is 0. The van der Waals surface area contributed by atoms with Gasteiger partial charge >= 0.3 is 0 Å². The molecule has 12 heteroatoms. The van der Waals surface area contributed by atoms with Gasteiger partial charge in [-0.1, -0.05) is 0 Å². The van der Waals surface area contributed by atoms with Crippen molar-refractivity contribution >= 4 is 41.2 Å². The van der Waals surface area contributed by atoms with Crippen molar-refractivity contribution in [3.63, 3.8) is 0 Å². The molecule has 2 aromatic rings. The topological polar surface area (TPSA) is 121 Å². The summed E-state index contributed by atoms with van der Waals surface area (Å²) in [6, 6.07) is 9.09. The number of aldehydes is 1. The Hall–Kier alpha value is -4.03. The zero-order chi connectivity index (χ0) is 33.1. The highest BCUT2D eigenvalue weighted by Gasteiger charge is 2.43. The molecule has 3 amide bonds. The Kier molecular flexibility index (Phi) is 10.1. The number of piperazine rings is 1. The number of likely N-dealkylation sites (N-methyl/N-ethyl adjacent to an activating group) is 1. The maximum Gasteiger partial charge on any atom is 0.262 e. The molecule has 4 aliphatic heterocycles. The van der Waals surface area contributed by atoms with Crippen molar-refractivity contribution in [2.75, 3.05) is 88.1 Å². The van der Waals surface area contributed by atoms with Crippen LogP contribution in [0, 0.1) is 11.8 Å². The second-order valence-electron chi connectivity index (χ2n) is 13.5. The highest BCUT2D eigenvalue weighted by Crippen LogP contribution is 2.33. The molecular formula is C35H48N8O4. The Labute approximate surface area is 277 Å². The van der Waals surface area contributed by atoms with E-state index in [-0.39, 0.29) is 12.8 Å². The van der Waals surface area contributed by atoms with Crippen LogP contribution >= 0.6 is 0 Å². The van der Waals surface area contributed by atoms with Crippen LogP contribution in [0.2, 0.25) is 0 Å². The number of anilines is 3. The van der Waals surface area contributed by atoms with Crippen LogP contribution in [0.4, 0.5) is 17.2 Å². The molecule has 0 saturated carbocycles. The number of piperidine rings is 1. The highest BCUT2D eigenvalue weighted by molar-refractivity contribution is 6.23. The van der Waals surface area contributed by atoms with Crippen molar-refractivity contribution in [3.05, 3.63) is 47.7 Å². The molecule has 3 fully saturated rings. The zero-order valence-corrected chi connectivity index (χ0v) is 27.9. The maximum atomic E-state index is 13.3. The Balaban J connectivity index is 0.952. The van der Waals surface area contributed by atoms with E-state index in [9.17, 15) is 19.2 Å². The summed E-state index contributed by atoms with van der Waals surface area (Å²) in [5.74, 6) is 0.780. The lowest BCUT2D eigenvalue weighted by Gasteiger charge is -2.47. The number of fused-ring (bicyclic) bond motifs is 1. The first kappa shape index (κ1) is 32.9. The van der Waals surface area contributed by atoms with Crippen LogP contribution in [0.15, 0.2) is 36.5 Å². The van der Waals surface area contributed by atoms with E-state index in [1.807, 2.05) is 25.4 Å². The molecule has 0 spiro atoms. The number of carbonyl (C=O) groups is 4. The Morgan fingerprint density at radius 1 is 0.915 bits per heavy atom. The van der Waals surface area contributed by atoms with Crippen LogP contribution in [-0.4, -0.2) is 129 Å². The summed E-state index contributed by atoms with van der Waals surface area (Å²) < 4.78 is 0. The molecule has 47 heavy (non-hydrogen) atoms. The minimum atomic E-state index is -1.00. The van der Waals surface area contributed by atoms with Crippen molar-refractivity contribution < 1.29 is 19.2 Å². The molecule has 3 saturated heterocycles. The van der Waals surface area contributed by atoms with Crippen LogP contribution < -0.4 is 20.4 Å². The molecule has 252 valence electrons. The van der Waals surface area contributed by atoms with Gasteiger partial charge in [-0.05, 0) is 62.4 Å². The maximum absolute atomic E-state index is 13.3. The molecule has 5 heterocycles. The van der Waals surface area contributed by atoms with Gasteiger partial charge in [-0.15, -0.1) is 0 Å². The minimum Gasteiger partial charge on any atom is -0.373 e. The summed E-state index contributed by atoms with van der Waals surface area (Å²) in [7, 11) is 3.35. The van der Waals surface area contributed by atoms with Gasteiger partial charge in [0.2, 0.25) is 5.91 Å². The summed E-state index contributed by atoms with van der Waals surface area (Å²) in [4.78, 5) is 65.4. The number of benzene rings is 1. The lowest BCUT2D eigenvalue weighted by molar-refractivity contribution is -0.124. The molecule has 1 aromatic carbocycles. The van der Waals surface area contributed by atoms with Crippen LogP contribution in [-0.2, 0) is 9.59 Å². The first-order valence-corrected chi connectivity index (χ1v) is 17.1. The highest BCUT2D eigenvalue weighted by atomic mass is 16.2. The van der Waals surface area contributed by atoms with E-state index in [0.717, 1.165) is 74.7 Å². The van der Waals surface area contributed by atoms with Gasteiger partial charge in [-0.25, -0.2) is 4.98 Å². The molecule has 2 N–H and O–H groups in total. The third kappa shape index (κ3) is 6.99. The zero-order valence-electron chi connectivity index (χ0n) is 27.9. The molecule has 0 radical (unpaired) electrons. The van der Waals surface area contributed by atoms with Crippen molar-refractivity contribution in [2.45, 2.75) is 44.7 Å². The average molecular weight is 645 g/mol. The lowest BCUT2D eigenvalue weighted by Crippen LogP contribution is -2.58. The third-order valence-electron chi connectivity index (χ3n) is 10.5. The van der Waals surface area contributed by atoms with E-state index in [4.69, 9.17) is 0 Å². The number of imide groups is 1. The van der Waals surface area contributed by atoms with Gasteiger partial charge < -0.3 is 30.1 Å². The molecule has 2 unspecified atom stereocenters. The van der Waals surface area contributed by atoms with Gasteiger partial charge in [0.15, 0.2) is 0 Å². The number of hydrogen-bond donors (Lipinski definition) is 2. The fourth-order valence-corrected chi connectivity index (χ4v) is 7.69. The third-order valence-corrected chi connectivity index (χ3v) is 10.5. The van der Waals surface area contributed by atoms with Crippen LogP contribution in [0.5, 0.6) is 0 Å². The SMILES string of the molecule is CNC(=O)C(CCC=O)N1C(=O)c2ccc(N3CC(CN4CCN(CC5CCN(c6ccc(NC)nc6)CC5)CC4C)C3)cc2C1=O. The molecule has 6 rings (SSSR count). The second-order valence-corrected chi connectivity index (χ2v) is 13.5. The first-order valence-electron chi connectivity index (χ1n) is 17.1. The average Bonchev–Trinajstić information content (AvgIpc) is 3.32. The molecule has 4 aliphatic rings. The van der Waals surface area contributed by atoms with Crippen LogP contribution in [0.1, 0.15) is 53.3 Å². The van der Waals surface area contributed by atoms with E-state index < -0.39 is 23.8 Å². The van der Waals surface area contributed by atoms with E-state index >= 15 is 0 Å². The number of pyridine rings is 1. The van der Waals surface area contributed by atoms with Crippen molar-refractivity contribution in [2.24, 2.45) is 11.8 Å². The smallest absolute Gasteiger partial charge is 0.262 e. The summed E-state index contributed by atoms with van der Waals surface area (Å²) in [5.41, 5.74) is 2.77. The minimum absolute atomic E-state index is 0.0880. The molecular weight excluding hydrogens is 596 g/mol. The van der Waals surface area contributed by atoms with E-state index in [1.165, 1.54) is 32.1 Å². The molecule has 0 bridgehead atoms. The van der Waals surface area contributed by atoms with Gasteiger partial charge in [-0.3, -0.25) is 24.2 Å². The number of hydrogen-bond acceptors (Lipinski definition) is 10. The Morgan fingerprint density at radius 2 is 1.66 bits per heavy atom. The Bertz CT molecular complexity index is 1450. The van der Waals surface area contributed by atoms with Gasteiger partial charge in [0, 0.05) is 97.1 Å². The monoisotopic (exact) mass is 644 g/mol. The molecule has 2 atom stereocenters. The quantitative estimate of drug-likeness (QED) is 0.263. The number of aromatic nitrogens is 1. The summed E-state index contributed by atoms with van der Waals surface area (Å²) in [6.45, 7) is 11.9. The standard InChI is InChI=1S/C35H48N8O4/c1-24-19-39(20-25-10-12-40(13-11-25)28-7-9-32(36-2)38-18-28)14-15-41(24)21-26-22-42(23-26)27-6-8-29-30(17-27)35(47)43(34(29)46)31(5-4-16-44)33(45)37-3/h6-9,16-18,24-26,31H,4-5,10-15,19-23H2,1-3H3,(H,36,38)(H,37,45).